The van der Waals surface area contributed by atoms with Crippen LogP contribution in [-0.2, 0) is 12.8 Å². The number of likely N-dealkylation sites (tertiary alicyclic amines) is 1. The maximum absolute atomic E-state index is 13.6. The Morgan fingerprint density at radius 1 is 1.09 bits per heavy atom. The molecule has 0 unspecified atom stereocenters. The first-order valence-electron chi connectivity index (χ1n) is 12.8. The molecule has 1 atom stereocenters. The first-order valence-corrected chi connectivity index (χ1v) is 12.8. The fourth-order valence-corrected chi connectivity index (χ4v) is 5.52. The number of amides is 1. The van der Waals surface area contributed by atoms with Crippen molar-refractivity contribution in [2.75, 3.05) is 24.5 Å². The van der Waals surface area contributed by atoms with E-state index in [1.54, 1.807) is 4.90 Å². The van der Waals surface area contributed by atoms with Crippen LogP contribution >= 0.6 is 0 Å². The van der Waals surface area contributed by atoms with Gasteiger partial charge in [0.2, 0.25) is 0 Å². The molecule has 6 heteroatoms. The zero-order chi connectivity index (χ0) is 24.4. The lowest BCUT2D eigenvalue weighted by Gasteiger charge is -2.33. The van der Waals surface area contributed by atoms with Gasteiger partial charge in [0.05, 0.1) is 0 Å². The van der Waals surface area contributed by atoms with Gasteiger partial charge in [-0.25, -0.2) is 0 Å². The molecule has 0 saturated carbocycles. The van der Waals surface area contributed by atoms with Crippen molar-refractivity contribution in [1.29, 1.82) is 0 Å². The Morgan fingerprint density at radius 2 is 1.86 bits per heavy atom. The van der Waals surface area contributed by atoms with E-state index < -0.39 is 11.5 Å². The summed E-state index contributed by atoms with van der Waals surface area (Å²) in [6.45, 7) is 3.93. The van der Waals surface area contributed by atoms with Gasteiger partial charge in [0.25, 0.3) is 11.5 Å². The maximum atomic E-state index is 13.6. The highest BCUT2D eigenvalue weighted by Crippen LogP contribution is 2.41. The van der Waals surface area contributed by atoms with Crippen molar-refractivity contribution in [2.24, 2.45) is 0 Å². The Labute approximate surface area is 206 Å². The molecule has 1 fully saturated rings. The van der Waals surface area contributed by atoms with Gasteiger partial charge in [0, 0.05) is 36.9 Å². The second-order valence-electron chi connectivity index (χ2n) is 9.64. The van der Waals surface area contributed by atoms with Crippen molar-refractivity contribution in [3.8, 4) is 5.75 Å². The third-order valence-corrected chi connectivity index (χ3v) is 7.36. The summed E-state index contributed by atoms with van der Waals surface area (Å²) in [5, 5.41) is 11.5. The quantitative estimate of drug-likeness (QED) is 0.522. The van der Waals surface area contributed by atoms with E-state index in [1.165, 1.54) is 11.1 Å². The number of hydrogen-bond donors (Lipinski definition) is 2. The normalized spacial score (nSPS) is 17.5. The number of aromatic hydroxyl groups is 1. The number of hydrogen-bond acceptors (Lipinski definition) is 4. The highest BCUT2D eigenvalue weighted by Gasteiger charge is 2.34. The number of rotatable bonds is 6. The van der Waals surface area contributed by atoms with Crippen LogP contribution in [0.3, 0.4) is 0 Å². The van der Waals surface area contributed by atoms with Gasteiger partial charge in [-0.3, -0.25) is 9.59 Å². The predicted octanol–water partition coefficient (Wildman–Crippen LogP) is 5.14. The number of anilines is 2. The van der Waals surface area contributed by atoms with Crippen LogP contribution in [0.4, 0.5) is 11.4 Å². The van der Waals surface area contributed by atoms with Crippen LogP contribution in [0, 0.1) is 0 Å². The van der Waals surface area contributed by atoms with Crippen molar-refractivity contribution in [3.63, 3.8) is 0 Å². The van der Waals surface area contributed by atoms with E-state index in [-0.39, 0.29) is 17.2 Å². The van der Waals surface area contributed by atoms with Crippen LogP contribution in [0.15, 0.2) is 59.4 Å². The number of H-pyrrole nitrogens is 1. The number of pyridine rings is 1. The summed E-state index contributed by atoms with van der Waals surface area (Å²) in [6, 6.07) is 18.3. The van der Waals surface area contributed by atoms with Gasteiger partial charge < -0.3 is 19.9 Å². The van der Waals surface area contributed by atoms with E-state index in [0.717, 1.165) is 44.3 Å². The number of aromatic nitrogens is 1. The molecule has 0 bridgehead atoms. The molecular formula is C29H33N3O3. The number of nitrogens with one attached hydrogen (secondary N) is 1. The fraction of sp³-hybridized carbons (Fsp3) is 0.379. The van der Waals surface area contributed by atoms with Crippen LogP contribution in [-0.4, -0.2) is 40.5 Å². The maximum Gasteiger partial charge on any atom is 0.264 e. The molecular weight excluding hydrogens is 438 g/mol. The number of benzene rings is 2. The summed E-state index contributed by atoms with van der Waals surface area (Å²) in [7, 11) is 0. The van der Waals surface area contributed by atoms with Crippen LogP contribution in [0.25, 0.3) is 0 Å². The molecule has 2 aliphatic heterocycles. The third kappa shape index (κ3) is 4.45. The molecule has 0 aliphatic carbocycles. The Hall–Kier alpha value is -3.54. The van der Waals surface area contributed by atoms with Gasteiger partial charge in [-0.2, -0.15) is 0 Å². The monoisotopic (exact) mass is 471 g/mol. The first-order chi connectivity index (χ1) is 17.1. The molecule has 2 N–H and O–H groups in total. The SMILES string of the molecule is CCCCc1[nH]c(=O)c(C(=O)N2CC[C@@H](c3ccccc3)C2)c(O)c1N1CCCc2ccccc21. The summed E-state index contributed by atoms with van der Waals surface area (Å²) in [4.78, 5) is 33.6. The van der Waals surface area contributed by atoms with Crippen molar-refractivity contribution in [2.45, 2.75) is 51.4 Å². The third-order valence-electron chi connectivity index (χ3n) is 7.36. The van der Waals surface area contributed by atoms with Crippen molar-refractivity contribution in [3.05, 3.63) is 87.3 Å². The number of carbonyl (C=O) groups is 1. The van der Waals surface area contributed by atoms with E-state index in [0.29, 0.717) is 30.9 Å². The number of carbonyl (C=O) groups excluding carboxylic acids is 1. The number of fused-ring (bicyclic) bond motifs is 1. The van der Waals surface area contributed by atoms with Crippen LogP contribution in [0.5, 0.6) is 5.75 Å². The minimum atomic E-state index is -0.504. The number of unbranched alkanes of at least 4 members (excludes halogenated alkanes) is 1. The van der Waals surface area contributed by atoms with Gasteiger partial charge in [0.1, 0.15) is 11.3 Å². The molecule has 2 aromatic carbocycles. The number of aromatic amines is 1. The van der Waals surface area contributed by atoms with Gasteiger partial charge in [-0.15, -0.1) is 0 Å². The Morgan fingerprint density at radius 3 is 2.66 bits per heavy atom. The molecule has 1 aromatic heterocycles. The molecule has 35 heavy (non-hydrogen) atoms. The summed E-state index contributed by atoms with van der Waals surface area (Å²) in [5.41, 5.74) is 4.07. The summed E-state index contributed by atoms with van der Waals surface area (Å²) in [6.07, 6.45) is 5.25. The van der Waals surface area contributed by atoms with E-state index >= 15 is 0 Å². The van der Waals surface area contributed by atoms with E-state index in [9.17, 15) is 14.7 Å². The summed E-state index contributed by atoms with van der Waals surface area (Å²) in [5.74, 6) is -0.348. The van der Waals surface area contributed by atoms with E-state index in [2.05, 4.69) is 41.1 Å². The summed E-state index contributed by atoms with van der Waals surface area (Å²) >= 11 is 0. The molecule has 3 heterocycles. The lowest BCUT2D eigenvalue weighted by Crippen LogP contribution is -2.35. The minimum absolute atomic E-state index is 0.142. The second-order valence-corrected chi connectivity index (χ2v) is 9.64. The average Bonchev–Trinajstić information content (AvgIpc) is 3.38. The molecule has 2 aliphatic rings. The standard InChI is InChI=1S/C29H33N3O3/c1-2-3-14-23-26(32-17-9-13-21-12-7-8-15-24(21)32)27(33)25(28(34)30-23)29(35)31-18-16-22(19-31)20-10-5-4-6-11-20/h4-8,10-12,15,22H,2-3,9,13-14,16-19H2,1H3,(H2,30,33,34)/t22-/m1/s1. The number of aryl methyl sites for hydroxylation is 2. The topological polar surface area (TPSA) is 76.6 Å². The Bertz CT molecular complexity index is 1270. The minimum Gasteiger partial charge on any atom is -0.505 e. The highest BCUT2D eigenvalue weighted by molar-refractivity contribution is 5.99. The fourth-order valence-electron chi connectivity index (χ4n) is 5.52. The molecule has 1 saturated heterocycles. The predicted molar refractivity (Wildman–Crippen MR) is 139 cm³/mol. The van der Waals surface area contributed by atoms with Crippen LogP contribution in [0.2, 0.25) is 0 Å². The van der Waals surface area contributed by atoms with Crippen molar-refractivity contribution < 1.29 is 9.90 Å². The van der Waals surface area contributed by atoms with Gasteiger partial charge in [0.15, 0.2) is 5.75 Å². The first kappa shape index (κ1) is 23.2. The molecule has 6 nitrogen and oxygen atoms in total. The molecule has 0 spiro atoms. The highest BCUT2D eigenvalue weighted by atomic mass is 16.3. The van der Waals surface area contributed by atoms with Gasteiger partial charge >= 0.3 is 0 Å². The smallest absolute Gasteiger partial charge is 0.264 e. The Kier molecular flexibility index (Phi) is 6.62. The van der Waals surface area contributed by atoms with Gasteiger partial charge in [-0.05, 0) is 49.3 Å². The molecule has 182 valence electrons. The zero-order valence-corrected chi connectivity index (χ0v) is 20.3. The van der Waals surface area contributed by atoms with E-state index in [1.807, 2.05) is 30.3 Å². The van der Waals surface area contributed by atoms with Crippen LogP contribution < -0.4 is 10.5 Å². The molecule has 0 radical (unpaired) electrons. The van der Waals surface area contributed by atoms with E-state index in [4.69, 9.17) is 0 Å². The average molecular weight is 472 g/mol. The van der Waals surface area contributed by atoms with Crippen LogP contribution in [0.1, 0.15) is 65.7 Å². The zero-order valence-electron chi connectivity index (χ0n) is 20.3. The van der Waals surface area contributed by atoms with Crippen molar-refractivity contribution >= 4 is 17.3 Å². The lowest BCUT2D eigenvalue weighted by atomic mass is 9.98. The number of para-hydroxylation sites is 1. The molecule has 5 rings (SSSR count). The lowest BCUT2D eigenvalue weighted by molar-refractivity contribution is 0.0786. The molecule has 3 aromatic rings. The van der Waals surface area contributed by atoms with Crippen molar-refractivity contribution in [1.82, 2.24) is 9.88 Å². The Balaban J connectivity index is 1.53. The second kappa shape index (κ2) is 9.98. The number of nitrogens with zero attached hydrogens (tertiary/aromatic N) is 2. The summed E-state index contributed by atoms with van der Waals surface area (Å²) < 4.78 is 0. The van der Waals surface area contributed by atoms with Gasteiger partial charge in [-0.1, -0.05) is 61.9 Å². The molecule has 1 amide bonds. The largest absolute Gasteiger partial charge is 0.505 e.